The zero-order chi connectivity index (χ0) is 18.6. The van der Waals surface area contributed by atoms with Gasteiger partial charge in [0.25, 0.3) is 0 Å². The van der Waals surface area contributed by atoms with Crippen molar-refractivity contribution in [2.45, 2.75) is 13.2 Å². The number of aromatic nitrogens is 3. The molecule has 6 nitrogen and oxygen atoms in total. The molecule has 27 heavy (non-hydrogen) atoms. The summed E-state index contributed by atoms with van der Waals surface area (Å²) >= 11 is 0. The standard InChI is InChI=1S/C21H20N4O2/c1-26-14-18-17-8-5-9-19(27-13-15-10-11-23-20(22)12-15)21(17)25(24-18)16-6-3-2-4-7-16/h2-12H,13-14H2,1H3,(H2,22,23). The summed E-state index contributed by atoms with van der Waals surface area (Å²) in [6.45, 7) is 0.825. The van der Waals surface area contributed by atoms with Gasteiger partial charge in [0.05, 0.1) is 18.0 Å². The predicted octanol–water partition coefficient (Wildman–Crippen LogP) is 3.73. The van der Waals surface area contributed by atoms with Crippen molar-refractivity contribution in [1.29, 1.82) is 0 Å². The molecule has 4 aromatic rings. The Kier molecular flexibility index (Phi) is 4.72. The molecule has 6 heteroatoms. The number of ether oxygens (including phenoxy) is 2. The van der Waals surface area contributed by atoms with Crippen molar-refractivity contribution >= 4 is 16.7 Å². The number of hydrogen-bond donors (Lipinski definition) is 1. The number of para-hydroxylation sites is 2. The van der Waals surface area contributed by atoms with Gasteiger partial charge in [0.15, 0.2) is 0 Å². The van der Waals surface area contributed by atoms with E-state index >= 15 is 0 Å². The van der Waals surface area contributed by atoms with Gasteiger partial charge in [-0.3, -0.25) is 0 Å². The SMILES string of the molecule is COCc1nn(-c2ccccc2)c2c(OCc3ccnc(N)c3)cccc12. The van der Waals surface area contributed by atoms with E-state index in [1.54, 1.807) is 13.3 Å². The Morgan fingerprint density at radius 3 is 2.63 bits per heavy atom. The molecule has 0 aliphatic rings. The average Bonchev–Trinajstić information content (AvgIpc) is 3.07. The van der Waals surface area contributed by atoms with Crippen LogP contribution in [0.25, 0.3) is 16.6 Å². The minimum Gasteiger partial charge on any atom is -0.487 e. The molecule has 0 unspecified atom stereocenters. The summed E-state index contributed by atoms with van der Waals surface area (Å²) in [5.41, 5.74) is 9.47. The number of hydrogen-bond acceptors (Lipinski definition) is 5. The highest BCUT2D eigenvalue weighted by molar-refractivity contribution is 5.88. The van der Waals surface area contributed by atoms with Crippen LogP contribution in [0.1, 0.15) is 11.3 Å². The number of benzene rings is 2. The number of rotatable bonds is 6. The molecule has 0 aliphatic heterocycles. The summed E-state index contributed by atoms with van der Waals surface area (Å²) in [4.78, 5) is 4.02. The normalized spacial score (nSPS) is 11.0. The fraction of sp³-hybridized carbons (Fsp3) is 0.143. The van der Waals surface area contributed by atoms with Crippen LogP contribution in [0.3, 0.4) is 0 Å². The van der Waals surface area contributed by atoms with Gasteiger partial charge in [0, 0.05) is 18.7 Å². The van der Waals surface area contributed by atoms with Crippen LogP contribution < -0.4 is 10.5 Å². The Balaban J connectivity index is 1.78. The van der Waals surface area contributed by atoms with E-state index in [0.29, 0.717) is 19.0 Å². The molecule has 0 fully saturated rings. The highest BCUT2D eigenvalue weighted by atomic mass is 16.5. The van der Waals surface area contributed by atoms with Crippen LogP contribution in [0, 0.1) is 0 Å². The van der Waals surface area contributed by atoms with Gasteiger partial charge >= 0.3 is 0 Å². The van der Waals surface area contributed by atoms with Crippen LogP contribution in [0.2, 0.25) is 0 Å². The first-order chi connectivity index (χ1) is 13.3. The molecule has 0 atom stereocenters. The second-order valence-corrected chi connectivity index (χ2v) is 6.16. The molecule has 0 aliphatic carbocycles. The molecule has 0 saturated carbocycles. The zero-order valence-electron chi connectivity index (χ0n) is 15.0. The highest BCUT2D eigenvalue weighted by Crippen LogP contribution is 2.31. The third kappa shape index (κ3) is 3.47. The van der Waals surface area contributed by atoms with E-state index in [4.69, 9.17) is 20.3 Å². The molecule has 2 N–H and O–H groups in total. The Morgan fingerprint density at radius 2 is 1.85 bits per heavy atom. The third-order valence-corrected chi connectivity index (χ3v) is 4.26. The van der Waals surface area contributed by atoms with Crippen molar-refractivity contribution in [3.63, 3.8) is 0 Å². The highest BCUT2D eigenvalue weighted by Gasteiger charge is 2.16. The molecule has 0 radical (unpaired) electrons. The molecular weight excluding hydrogens is 340 g/mol. The van der Waals surface area contributed by atoms with Crippen molar-refractivity contribution in [3.8, 4) is 11.4 Å². The van der Waals surface area contributed by atoms with Crippen molar-refractivity contribution in [3.05, 3.63) is 78.1 Å². The molecule has 2 aromatic carbocycles. The van der Waals surface area contributed by atoms with Gasteiger partial charge in [-0.05, 0) is 35.9 Å². The number of nitrogens with zero attached hydrogens (tertiary/aromatic N) is 3. The first-order valence-corrected chi connectivity index (χ1v) is 8.64. The maximum absolute atomic E-state index is 6.13. The molecule has 136 valence electrons. The topological polar surface area (TPSA) is 75.2 Å². The lowest BCUT2D eigenvalue weighted by molar-refractivity contribution is 0.182. The minimum absolute atomic E-state index is 0.394. The summed E-state index contributed by atoms with van der Waals surface area (Å²) in [5, 5.41) is 5.77. The number of pyridine rings is 1. The van der Waals surface area contributed by atoms with Crippen molar-refractivity contribution in [1.82, 2.24) is 14.8 Å². The molecule has 0 amide bonds. The molecule has 2 aromatic heterocycles. The number of nitrogens with two attached hydrogens (primary N) is 1. The van der Waals surface area contributed by atoms with Crippen LogP contribution in [0.5, 0.6) is 5.75 Å². The van der Waals surface area contributed by atoms with Crippen molar-refractivity contribution in [2.75, 3.05) is 12.8 Å². The van der Waals surface area contributed by atoms with E-state index in [-0.39, 0.29) is 0 Å². The van der Waals surface area contributed by atoms with E-state index in [1.165, 1.54) is 0 Å². The molecule has 0 spiro atoms. The van der Waals surface area contributed by atoms with Gasteiger partial charge in [-0.2, -0.15) is 5.10 Å². The van der Waals surface area contributed by atoms with Crippen LogP contribution in [0.15, 0.2) is 66.9 Å². The molecular formula is C21H20N4O2. The van der Waals surface area contributed by atoms with E-state index in [9.17, 15) is 0 Å². The summed E-state index contributed by atoms with van der Waals surface area (Å²) in [6.07, 6.45) is 1.68. The predicted molar refractivity (Wildman–Crippen MR) is 105 cm³/mol. The van der Waals surface area contributed by atoms with Crippen LogP contribution in [-0.2, 0) is 18.0 Å². The van der Waals surface area contributed by atoms with E-state index in [2.05, 4.69) is 4.98 Å². The Morgan fingerprint density at radius 1 is 1.00 bits per heavy atom. The fourth-order valence-electron chi connectivity index (χ4n) is 3.06. The van der Waals surface area contributed by atoms with Crippen molar-refractivity contribution in [2.24, 2.45) is 0 Å². The molecule has 0 bridgehead atoms. The van der Waals surface area contributed by atoms with Crippen LogP contribution in [0.4, 0.5) is 5.82 Å². The van der Waals surface area contributed by atoms with E-state index in [0.717, 1.165) is 33.6 Å². The molecule has 4 rings (SSSR count). The Labute approximate surface area is 157 Å². The average molecular weight is 360 g/mol. The fourth-order valence-corrected chi connectivity index (χ4v) is 3.06. The van der Waals surface area contributed by atoms with Crippen LogP contribution >= 0.6 is 0 Å². The summed E-state index contributed by atoms with van der Waals surface area (Å²) in [7, 11) is 1.67. The van der Waals surface area contributed by atoms with Crippen molar-refractivity contribution < 1.29 is 9.47 Å². The maximum Gasteiger partial charge on any atom is 0.146 e. The van der Waals surface area contributed by atoms with Gasteiger partial charge < -0.3 is 15.2 Å². The lowest BCUT2D eigenvalue weighted by atomic mass is 10.2. The first kappa shape index (κ1) is 17.1. The monoisotopic (exact) mass is 360 g/mol. The first-order valence-electron chi connectivity index (χ1n) is 8.64. The Bertz CT molecular complexity index is 1060. The number of nitrogen functional groups attached to an aromatic ring is 1. The van der Waals surface area contributed by atoms with E-state index < -0.39 is 0 Å². The largest absolute Gasteiger partial charge is 0.487 e. The van der Waals surface area contributed by atoms with Gasteiger partial charge in [-0.1, -0.05) is 30.3 Å². The Hall–Kier alpha value is -3.38. The van der Waals surface area contributed by atoms with Gasteiger partial charge in [-0.15, -0.1) is 0 Å². The second-order valence-electron chi connectivity index (χ2n) is 6.16. The van der Waals surface area contributed by atoms with Gasteiger partial charge in [-0.25, -0.2) is 9.67 Å². The lowest BCUT2D eigenvalue weighted by Crippen LogP contribution is -2.01. The van der Waals surface area contributed by atoms with Crippen LogP contribution in [-0.4, -0.2) is 21.9 Å². The maximum atomic E-state index is 6.13. The van der Waals surface area contributed by atoms with Gasteiger partial charge in [0.2, 0.25) is 0 Å². The zero-order valence-corrected chi connectivity index (χ0v) is 15.0. The molecule has 2 heterocycles. The lowest BCUT2D eigenvalue weighted by Gasteiger charge is -2.10. The smallest absolute Gasteiger partial charge is 0.146 e. The summed E-state index contributed by atoms with van der Waals surface area (Å²) in [6, 6.07) is 19.6. The second kappa shape index (κ2) is 7.47. The van der Waals surface area contributed by atoms with E-state index in [1.807, 2.05) is 65.3 Å². The summed E-state index contributed by atoms with van der Waals surface area (Å²) in [5.74, 6) is 1.23. The summed E-state index contributed by atoms with van der Waals surface area (Å²) < 4.78 is 13.4. The third-order valence-electron chi connectivity index (χ3n) is 4.26. The quantitative estimate of drug-likeness (QED) is 0.567. The number of fused-ring (bicyclic) bond motifs is 1. The molecule has 0 saturated heterocycles. The van der Waals surface area contributed by atoms with Gasteiger partial charge in [0.1, 0.15) is 23.7 Å². The minimum atomic E-state index is 0.394. The number of anilines is 1. The number of methoxy groups -OCH3 is 1.